The minimum absolute atomic E-state index is 0.0771. The van der Waals surface area contributed by atoms with Crippen molar-refractivity contribution in [2.24, 2.45) is 16.6 Å². The average molecular weight is 505 g/mol. The third-order valence-corrected chi connectivity index (χ3v) is 6.53. The van der Waals surface area contributed by atoms with Crippen LogP contribution in [-0.2, 0) is 0 Å². The number of alkyl halides is 3. The maximum Gasteiger partial charge on any atom is 0.573 e. The number of ether oxygens (including phenoxy) is 2. The molecule has 0 spiro atoms. The van der Waals surface area contributed by atoms with Crippen LogP contribution >= 0.6 is 0 Å². The largest absolute Gasteiger partial charge is 0.573 e. The third kappa shape index (κ3) is 5.37. The number of anilines is 2. The van der Waals surface area contributed by atoms with E-state index in [0.29, 0.717) is 17.2 Å². The lowest BCUT2D eigenvalue weighted by molar-refractivity contribution is -0.274. The van der Waals surface area contributed by atoms with E-state index in [-0.39, 0.29) is 33.9 Å². The summed E-state index contributed by atoms with van der Waals surface area (Å²) < 4.78 is 49.3. The monoisotopic (exact) mass is 504 g/mol. The summed E-state index contributed by atoms with van der Waals surface area (Å²) in [6.45, 7) is 8.99. The van der Waals surface area contributed by atoms with Gasteiger partial charge in [-0.2, -0.15) is 0 Å². The summed E-state index contributed by atoms with van der Waals surface area (Å²) >= 11 is 0. The average Bonchev–Trinajstić information content (AvgIpc) is 3.09. The van der Waals surface area contributed by atoms with E-state index in [4.69, 9.17) is 15.5 Å². The molecule has 36 heavy (non-hydrogen) atoms. The number of primary amides is 1. The number of methoxy groups -OCH3 is 1. The molecule has 1 saturated carbocycles. The second kappa shape index (κ2) is 8.90. The molecule has 1 amide bonds. The Hall–Kier alpha value is -3.43. The van der Waals surface area contributed by atoms with Crippen LogP contribution in [0.15, 0.2) is 36.4 Å². The fourth-order valence-corrected chi connectivity index (χ4v) is 5.83. The van der Waals surface area contributed by atoms with E-state index >= 15 is 0 Å². The summed E-state index contributed by atoms with van der Waals surface area (Å²) in [5, 5.41) is 3.25. The highest BCUT2D eigenvalue weighted by Gasteiger charge is 2.40. The molecule has 0 saturated heterocycles. The highest BCUT2D eigenvalue weighted by atomic mass is 19.4. The minimum Gasteiger partial charge on any atom is -0.494 e. The van der Waals surface area contributed by atoms with Crippen LogP contribution in [0, 0.1) is 10.8 Å². The van der Waals surface area contributed by atoms with Gasteiger partial charge in [0.05, 0.1) is 18.2 Å². The molecule has 194 valence electrons. The fraction of sp³-hybridized carbons (Fsp3) is 0.462. The second-order valence-electron chi connectivity index (χ2n) is 10.9. The lowest BCUT2D eigenvalue weighted by Gasteiger charge is -2.45. The summed E-state index contributed by atoms with van der Waals surface area (Å²) in [5.74, 6) is -0.166. The van der Waals surface area contributed by atoms with Gasteiger partial charge in [0.2, 0.25) is 5.95 Å². The second-order valence-corrected chi connectivity index (χ2v) is 10.9. The van der Waals surface area contributed by atoms with Gasteiger partial charge in [-0.1, -0.05) is 27.7 Å². The van der Waals surface area contributed by atoms with Crippen LogP contribution < -0.4 is 20.5 Å². The maximum absolute atomic E-state index is 12.6. The number of aromatic nitrogens is 2. The number of fused-ring (bicyclic) bond motifs is 1. The highest BCUT2D eigenvalue weighted by Crippen LogP contribution is 2.52. The van der Waals surface area contributed by atoms with Gasteiger partial charge in [0, 0.05) is 11.7 Å². The van der Waals surface area contributed by atoms with Crippen molar-refractivity contribution in [1.82, 2.24) is 9.55 Å². The number of benzene rings is 2. The Morgan fingerprint density at radius 3 is 2.22 bits per heavy atom. The van der Waals surface area contributed by atoms with Crippen molar-refractivity contribution in [2.75, 3.05) is 12.4 Å². The van der Waals surface area contributed by atoms with Crippen molar-refractivity contribution in [1.29, 1.82) is 0 Å². The number of amides is 1. The van der Waals surface area contributed by atoms with Crippen molar-refractivity contribution in [3.8, 4) is 11.5 Å². The Morgan fingerprint density at radius 2 is 1.69 bits per heavy atom. The third-order valence-electron chi connectivity index (χ3n) is 6.53. The topological polar surface area (TPSA) is 91.4 Å². The number of nitrogens with two attached hydrogens (primary N) is 1. The SMILES string of the molecule is COc1c(C(N)=O)ccc2c1nc(Nc1ccc(OC(F)(F)F)cc1)n2C1CC(C)(C)CC(C)(C)C1. The molecule has 3 aromatic rings. The first kappa shape index (κ1) is 25.7. The molecule has 1 fully saturated rings. The van der Waals surface area contributed by atoms with Crippen molar-refractivity contribution in [2.45, 2.75) is 59.4 Å². The van der Waals surface area contributed by atoms with Gasteiger partial charge in [0.15, 0.2) is 5.75 Å². The van der Waals surface area contributed by atoms with Crippen molar-refractivity contribution >= 4 is 28.6 Å². The van der Waals surface area contributed by atoms with Crippen LogP contribution in [-0.4, -0.2) is 28.9 Å². The lowest BCUT2D eigenvalue weighted by Crippen LogP contribution is -2.35. The van der Waals surface area contributed by atoms with Gasteiger partial charge >= 0.3 is 6.36 Å². The minimum atomic E-state index is -4.77. The number of hydrogen-bond acceptors (Lipinski definition) is 5. The highest BCUT2D eigenvalue weighted by molar-refractivity contribution is 6.02. The van der Waals surface area contributed by atoms with E-state index < -0.39 is 12.3 Å². The predicted octanol–water partition coefficient (Wildman–Crippen LogP) is 6.56. The van der Waals surface area contributed by atoms with Crippen molar-refractivity contribution in [3.63, 3.8) is 0 Å². The summed E-state index contributed by atoms with van der Waals surface area (Å²) in [6, 6.07) is 8.98. The summed E-state index contributed by atoms with van der Waals surface area (Å²) in [6.07, 6.45) is -1.90. The quantitative estimate of drug-likeness (QED) is 0.397. The van der Waals surface area contributed by atoms with Gasteiger partial charge in [0.1, 0.15) is 11.3 Å². The number of hydrogen-bond donors (Lipinski definition) is 2. The number of carbonyl (C=O) groups excluding carboxylic acids is 1. The number of nitrogens with one attached hydrogen (secondary N) is 1. The molecule has 3 N–H and O–H groups in total. The Balaban J connectivity index is 1.83. The van der Waals surface area contributed by atoms with E-state index in [2.05, 4.69) is 42.3 Å². The van der Waals surface area contributed by atoms with Crippen LogP contribution in [0.3, 0.4) is 0 Å². The van der Waals surface area contributed by atoms with Crippen LogP contribution in [0.5, 0.6) is 11.5 Å². The molecule has 1 aliphatic rings. The summed E-state index contributed by atoms with van der Waals surface area (Å²) in [4.78, 5) is 16.8. The zero-order valence-electron chi connectivity index (χ0n) is 21.0. The van der Waals surface area contributed by atoms with Gasteiger partial charge in [-0.15, -0.1) is 13.2 Å². The van der Waals surface area contributed by atoms with E-state index in [9.17, 15) is 18.0 Å². The molecule has 0 radical (unpaired) electrons. The van der Waals surface area contributed by atoms with Crippen LogP contribution in [0.1, 0.15) is 63.4 Å². The molecule has 0 aliphatic heterocycles. The van der Waals surface area contributed by atoms with Crippen molar-refractivity contribution in [3.05, 3.63) is 42.0 Å². The van der Waals surface area contributed by atoms with Gasteiger partial charge in [-0.3, -0.25) is 4.79 Å². The number of imidazole rings is 1. The predicted molar refractivity (Wildman–Crippen MR) is 132 cm³/mol. The van der Waals surface area contributed by atoms with Gasteiger partial charge < -0.3 is 25.1 Å². The van der Waals surface area contributed by atoms with E-state index in [1.807, 2.05) is 6.07 Å². The molecule has 0 bridgehead atoms. The van der Waals surface area contributed by atoms with Gasteiger partial charge in [0.25, 0.3) is 5.91 Å². The zero-order chi connectivity index (χ0) is 26.5. The number of nitrogens with zero attached hydrogens (tertiary/aromatic N) is 2. The van der Waals surface area contributed by atoms with Crippen molar-refractivity contribution < 1.29 is 27.4 Å². The first-order valence-corrected chi connectivity index (χ1v) is 11.7. The van der Waals surface area contributed by atoms with E-state index in [1.54, 1.807) is 6.07 Å². The molecular weight excluding hydrogens is 473 g/mol. The molecule has 4 rings (SSSR count). The normalized spacial score (nSPS) is 17.7. The van der Waals surface area contributed by atoms with Gasteiger partial charge in [-0.05, 0) is 66.5 Å². The van der Waals surface area contributed by atoms with E-state index in [1.165, 1.54) is 31.4 Å². The number of rotatable bonds is 6. The molecule has 7 nitrogen and oxygen atoms in total. The van der Waals surface area contributed by atoms with Crippen LogP contribution in [0.4, 0.5) is 24.8 Å². The Bertz CT molecular complexity index is 1260. The number of halogens is 3. The van der Waals surface area contributed by atoms with E-state index in [0.717, 1.165) is 24.8 Å². The Morgan fingerprint density at radius 1 is 1.08 bits per heavy atom. The summed E-state index contributed by atoms with van der Waals surface area (Å²) in [7, 11) is 1.46. The Kier molecular flexibility index (Phi) is 6.34. The number of carbonyl (C=O) groups is 1. The van der Waals surface area contributed by atoms with Gasteiger partial charge in [-0.25, -0.2) is 4.98 Å². The first-order valence-electron chi connectivity index (χ1n) is 11.7. The lowest BCUT2D eigenvalue weighted by atomic mass is 9.63. The van der Waals surface area contributed by atoms with Crippen LogP contribution in [0.2, 0.25) is 0 Å². The summed E-state index contributed by atoms with van der Waals surface area (Å²) in [5.41, 5.74) is 7.72. The zero-order valence-corrected chi connectivity index (χ0v) is 21.0. The fourth-order valence-electron chi connectivity index (χ4n) is 5.83. The first-order chi connectivity index (χ1) is 16.7. The standard InChI is InChI=1S/C26H31F3N4O3/c1-24(2)12-16(13-25(3,4)14-24)33-19-11-10-18(22(30)34)21(35-5)20(19)32-23(33)31-15-6-8-17(9-7-15)36-26(27,28)29/h6-11,16H,12-14H2,1-5H3,(H2,30,34)(H,31,32). The molecule has 2 aromatic carbocycles. The molecular formula is C26H31F3N4O3. The smallest absolute Gasteiger partial charge is 0.494 e. The molecule has 1 heterocycles. The molecule has 0 atom stereocenters. The maximum atomic E-state index is 12.6. The van der Waals surface area contributed by atoms with Crippen LogP contribution in [0.25, 0.3) is 11.0 Å². The molecule has 1 aromatic heterocycles. The molecule has 0 unspecified atom stereocenters. The molecule has 1 aliphatic carbocycles. The Labute approximate surface area is 207 Å². The molecule has 10 heteroatoms.